The molecule has 3 aromatic carbocycles. The van der Waals surface area contributed by atoms with Gasteiger partial charge in [0.05, 0.1) is 23.4 Å². The molecular formula is C22H24ClN3O3S. The predicted molar refractivity (Wildman–Crippen MR) is 122 cm³/mol. The van der Waals surface area contributed by atoms with Crippen molar-refractivity contribution in [1.82, 2.24) is 4.90 Å². The fourth-order valence-electron chi connectivity index (χ4n) is 3.73. The van der Waals surface area contributed by atoms with E-state index < -0.39 is 10.0 Å². The molecular weight excluding hydrogens is 422 g/mol. The Hall–Kier alpha value is -2.48. The number of sulfonamides is 1. The molecule has 0 unspecified atom stereocenters. The summed E-state index contributed by atoms with van der Waals surface area (Å²) >= 11 is 6.25. The first kappa shape index (κ1) is 20.8. The number of hydrogen-bond acceptors (Lipinski definition) is 5. The van der Waals surface area contributed by atoms with Gasteiger partial charge in [-0.3, -0.25) is 4.72 Å². The van der Waals surface area contributed by atoms with Crippen molar-refractivity contribution >= 4 is 43.8 Å². The van der Waals surface area contributed by atoms with Gasteiger partial charge in [-0.15, -0.1) is 0 Å². The van der Waals surface area contributed by atoms with Gasteiger partial charge < -0.3 is 14.5 Å². The molecule has 0 amide bonds. The van der Waals surface area contributed by atoms with E-state index in [4.69, 9.17) is 16.3 Å². The highest BCUT2D eigenvalue weighted by Crippen LogP contribution is 2.34. The second-order valence-electron chi connectivity index (χ2n) is 7.37. The quantitative estimate of drug-likeness (QED) is 0.641. The molecule has 0 aliphatic carbocycles. The molecule has 1 aliphatic heterocycles. The van der Waals surface area contributed by atoms with Crippen molar-refractivity contribution < 1.29 is 13.2 Å². The maximum atomic E-state index is 13.2. The van der Waals surface area contributed by atoms with E-state index in [1.807, 2.05) is 18.2 Å². The van der Waals surface area contributed by atoms with Crippen molar-refractivity contribution in [3.8, 4) is 5.75 Å². The lowest BCUT2D eigenvalue weighted by atomic mass is 10.1. The van der Waals surface area contributed by atoms with Crippen LogP contribution in [0.15, 0.2) is 59.5 Å². The summed E-state index contributed by atoms with van der Waals surface area (Å²) in [7, 11) is -0.0923. The first-order valence-electron chi connectivity index (χ1n) is 9.70. The molecule has 0 spiro atoms. The summed E-state index contributed by atoms with van der Waals surface area (Å²) in [5.74, 6) is 0.722. The summed E-state index contributed by atoms with van der Waals surface area (Å²) in [6, 6.07) is 15.7. The van der Waals surface area contributed by atoms with Crippen LogP contribution in [0.3, 0.4) is 0 Å². The van der Waals surface area contributed by atoms with Crippen molar-refractivity contribution in [1.29, 1.82) is 0 Å². The number of ether oxygens (including phenoxy) is 1. The Morgan fingerprint density at radius 3 is 2.37 bits per heavy atom. The lowest BCUT2D eigenvalue weighted by molar-refractivity contribution is 0.311. The lowest BCUT2D eigenvalue weighted by Gasteiger charge is -2.35. The standard InChI is InChI=1S/C22H24ClN3O3S/c1-25-11-13-26(14-12-25)20-15-16(7-9-21(20)29-2)24-30(27,28)22-10-8-19(23)17-5-3-4-6-18(17)22/h3-10,15,24H,11-14H2,1-2H3. The molecule has 1 aliphatic rings. The Labute approximate surface area is 182 Å². The molecule has 3 aromatic rings. The van der Waals surface area contributed by atoms with Gasteiger partial charge in [-0.05, 0) is 37.4 Å². The van der Waals surface area contributed by atoms with E-state index in [2.05, 4.69) is 21.6 Å². The molecule has 0 saturated carbocycles. The minimum atomic E-state index is -3.81. The fourth-order valence-corrected chi connectivity index (χ4v) is 5.22. The number of nitrogens with zero attached hydrogens (tertiary/aromatic N) is 2. The van der Waals surface area contributed by atoms with Gasteiger partial charge in [0.1, 0.15) is 5.75 Å². The zero-order chi connectivity index (χ0) is 21.3. The first-order valence-corrected chi connectivity index (χ1v) is 11.6. The van der Waals surface area contributed by atoms with Crippen LogP contribution >= 0.6 is 11.6 Å². The van der Waals surface area contributed by atoms with Gasteiger partial charge in [-0.25, -0.2) is 8.42 Å². The van der Waals surface area contributed by atoms with Gasteiger partial charge in [-0.2, -0.15) is 0 Å². The Kier molecular flexibility index (Phi) is 5.77. The second kappa shape index (κ2) is 8.34. The molecule has 1 saturated heterocycles. The highest BCUT2D eigenvalue weighted by molar-refractivity contribution is 7.93. The number of likely N-dealkylation sites (N-methyl/N-ethyl adjacent to an activating group) is 1. The van der Waals surface area contributed by atoms with E-state index in [0.717, 1.165) is 37.6 Å². The van der Waals surface area contributed by atoms with Gasteiger partial charge in [0.15, 0.2) is 0 Å². The average Bonchev–Trinajstić information content (AvgIpc) is 2.74. The second-order valence-corrected chi connectivity index (χ2v) is 9.43. The zero-order valence-electron chi connectivity index (χ0n) is 16.9. The SMILES string of the molecule is COc1ccc(NS(=O)(=O)c2ccc(Cl)c3ccccc23)cc1N1CCN(C)CC1. The number of nitrogens with one attached hydrogen (secondary N) is 1. The van der Waals surface area contributed by atoms with Gasteiger partial charge in [0, 0.05) is 42.0 Å². The number of piperazine rings is 1. The average molecular weight is 446 g/mol. The van der Waals surface area contributed by atoms with Crippen LogP contribution in [-0.4, -0.2) is 53.7 Å². The number of halogens is 1. The third-order valence-electron chi connectivity index (χ3n) is 5.40. The highest BCUT2D eigenvalue weighted by atomic mass is 35.5. The topological polar surface area (TPSA) is 61.9 Å². The van der Waals surface area contributed by atoms with E-state index in [1.165, 1.54) is 6.07 Å². The summed E-state index contributed by atoms with van der Waals surface area (Å²) in [5, 5.41) is 1.81. The smallest absolute Gasteiger partial charge is 0.262 e. The van der Waals surface area contributed by atoms with Crippen molar-refractivity contribution in [3.05, 3.63) is 59.6 Å². The van der Waals surface area contributed by atoms with E-state index in [-0.39, 0.29) is 4.90 Å². The van der Waals surface area contributed by atoms with Crippen LogP contribution in [0.1, 0.15) is 0 Å². The van der Waals surface area contributed by atoms with Crippen LogP contribution in [0, 0.1) is 0 Å². The molecule has 8 heteroatoms. The van der Waals surface area contributed by atoms with Gasteiger partial charge in [-0.1, -0.05) is 35.9 Å². The lowest BCUT2D eigenvalue weighted by Crippen LogP contribution is -2.44. The fraction of sp³-hybridized carbons (Fsp3) is 0.273. The Morgan fingerprint density at radius 2 is 1.67 bits per heavy atom. The van der Waals surface area contributed by atoms with Gasteiger partial charge >= 0.3 is 0 Å². The van der Waals surface area contributed by atoms with Gasteiger partial charge in [0.2, 0.25) is 0 Å². The minimum Gasteiger partial charge on any atom is -0.495 e. The minimum absolute atomic E-state index is 0.194. The summed E-state index contributed by atoms with van der Waals surface area (Å²) in [4.78, 5) is 4.68. The third-order valence-corrected chi connectivity index (χ3v) is 7.16. The molecule has 1 heterocycles. The van der Waals surface area contributed by atoms with E-state index in [9.17, 15) is 8.42 Å². The maximum Gasteiger partial charge on any atom is 0.262 e. The van der Waals surface area contributed by atoms with Crippen molar-refractivity contribution in [3.63, 3.8) is 0 Å². The first-order chi connectivity index (χ1) is 14.4. The molecule has 4 rings (SSSR count). The molecule has 30 heavy (non-hydrogen) atoms. The highest BCUT2D eigenvalue weighted by Gasteiger charge is 2.21. The number of methoxy groups -OCH3 is 1. The number of benzene rings is 3. The number of rotatable bonds is 5. The number of fused-ring (bicyclic) bond motifs is 1. The van der Waals surface area contributed by atoms with E-state index in [1.54, 1.807) is 37.4 Å². The summed E-state index contributed by atoms with van der Waals surface area (Å²) in [5.41, 5.74) is 1.37. The van der Waals surface area contributed by atoms with Crippen LogP contribution in [0.25, 0.3) is 10.8 Å². The predicted octanol–water partition coefficient (Wildman–Crippen LogP) is 4.05. The third kappa shape index (κ3) is 4.05. The molecule has 1 N–H and O–H groups in total. The molecule has 158 valence electrons. The molecule has 0 aromatic heterocycles. The van der Waals surface area contributed by atoms with Crippen LogP contribution < -0.4 is 14.4 Å². The van der Waals surface area contributed by atoms with Crippen LogP contribution in [0.4, 0.5) is 11.4 Å². The Bertz CT molecular complexity index is 1180. The molecule has 1 fully saturated rings. The number of anilines is 2. The molecule has 0 atom stereocenters. The van der Waals surface area contributed by atoms with Crippen LogP contribution in [0.2, 0.25) is 5.02 Å². The molecule has 0 bridgehead atoms. The Morgan fingerprint density at radius 1 is 0.967 bits per heavy atom. The monoisotopic (exact) mass is 445 g/mol. The van der Waals surface area contributed by atoms with Crippen molar-refractivity contribution in [2.75, 3.05) is 50.0 Å². The Balaban J connectivity index is 1.69. The molecule has 0 radical (unpaired) electrons. The zero-order valence-corrected chi connectivity index (χ0v) is 18.5. The van der Waals surface area contributed by atoms with Gasteiger partial charge in [0.25, 0.3) is 10.0 Å². The van der Waals surface area contributed by atoms with Crippen LogP contribution in [-0.2, 0) is 10.0 Å². The summed E-state index contributed by atoms with van der Waals surface area (Å²) in [6.45, 7) is 3.58. The van der Waals surface area contributed by atoms with E-state index >= 15 is 0 Å². The summed E-state index contributed by atoms with van der Waals surface area (Å²) in [6.07, 6.45) is 0. The maximum absolute atomic E-state index is 13.2. The van der Waals surface area contributed by atoms with Crippen molar-refractivity contribution in [2.45, 2.75) is 4.90 Å². The normalized spacial score (nSPS) is 15.4. The number of hydrogen-bond donors (Lipinski definition) is 1. The van der Waals surface area contributed by atoms with E-state index in [0.29, 0.717) is 21.5 Å². The largest absolute Gasteiger partial charge is 0.495 e. The van der Waals surface area contributed by atoms with Crippen LogP contribution in [0.5, 0.6) is 5.75 Å². The summed E-state index contributed by atoms with van der Waals surface area (Å²) < 4.78 is 34.7. The molecule has 6 nitrogen and oxygen atoms in total. The van der Waals surface area contributed by atoms with Crippen molar-refractivity contribution in [2.24, 2.45) is 0 Å².